The van der Waals surface area contributed by atoms with Crippen LogP contribution in [0.25, 0.3) is 5.57 Å². The highest BCUT2D eigenvalue weighted by atomic mass is 16.5. The Morgan fingerprint density at radius 2 is 1.27 bits per heavy atom. The molecule has 0 radical (unpaired) electrons. The predicted molar refractivity (Wildman–Crippen MR) is 125 cm³/mol. The monoisotopic (exact) mass is 444 g/mol. The molecular weight excluding hydrogens is 420 g/mol. The Morgan fingerprint density at radius 1 is 0.697 bits per heavy atom. The zero-order chi connectivity index (χ0) is 23.4. The maximum Gasteiger partial charge on any atom is 0.278 e. The molecule has 0 aromatic heterocycles. The molecule has 0 atom stereocenters. The van der Waals surface area contributed by atoms with Crippen LogP contribution >= 0.6 is 0 Å². The van der Waals surface area contributed by atoms with Gasteiger partial charge in [0.1, 0.15) is 22.9 Å². The second-order valence-corrected chi connectivity index (χ2v) is 7.28. The van der Waals surface area contributed by atoms with Crippen LogP contribution in [0, 0.1) is 0 Å². The molecule has 7 nitrogen and oxygen atoms in total. The van der Waals surface area contributed by atoms with Gasteiger partial charge in [-0.25, -0.2) is 0 Å². The Labute approximate surface area is 192 Å². The zero-order valence-electron chi connectivity index (χ0n) is 18.6. The van der Waals surface area contributed by atoms with Crippen LogP contribution in [-0.2, 0) is 16.1 Å². The lowest BCUT2D eigenvalue weighted by Crippen LogP contribution is -2.32. The first kappa shape index (κ1) is 22.0. The Hall–Kier alpha value is -4.26. The minimum absolute atomic E-state index is 0.0669. The van der Waals surface area contributed by atoms with Gasteiger partial charge in [0.25, 0.3) is 11.8 Å². The minimum atomic E-state index is -0.447. The molecule has 2 amide bonds. The van der Waals surface area contributed by atoms with Gasteiger partial charge < -0.3 is 19.5 Å². The molecular formula is C26H24N2O5. The molecule has 1 aliphatic rings. The molecule has 0 unspecified atom stereocenters. The quantitative estimate of drug-likeness (QED) is 0.527. The van der Waals surface area contributed by atoms with Gasteiger partial charge in [0.15, 0.2) is 0 Å². The first-order valence-corrected chi connectivity index (χ1v) is 10.3. The fraction of sp³-hybridized carbons (Fsp3) is 0.154. The van der Waals surface area contributed by atoms with Crippen molar-refractivity contribution in [1.29, 1.82) is 0 Å². The summed E-state index contributed by atoms with van der Waals surface area (Å²) in [5.74, 6) is 0.772. The average molecular weight is 444 g/mol. The number of hydrogen-bond acceptors (Lipinski definition) is 6. The summed E-state index contributed by atoms with van der Waals surface area (Å²) in [7, 11) is 4.63. The van der Waals surface area contributed by atoms with Crippen LogP contribution in [0.1, 0.15) is 11.1 Å². The zero-order valence-corrected chi connectivity index (χ0v) is 18.6. The molecule has 0 saturated carbocycles. The van der Waals surface area contributed by atoms with Crippen LogP contribution in [0.5, 0.6) is 17.2 Å². The molecule has 168 valence electrons. The molecule has 7 heteroatoms. The van der Waals surface area contributed by atoms with Gasteiger partial charge in [0, 0.05) is 11.1 Å². The number of hydrogen-bond donors (Lipinski definition) is 1. The summed E-state index contributed by atoms with van der Waals surface area (Å²) in [6.45, 7) is 0.0669. The third kappa shape index (κ3) is 4.13. The Balaban J connectivity index is 1.81. The van der Waals surface area contributed by atoms with E-state index in [1.54, 1.807) is 50.6 Å². The number of carbonyl (C=O) groups is 2. The molecule has 1 N–H and O–H groups in total. The van der Waals surface area contributed by atoms with E-state index in [2.05, 4.69) is 5.32 Å². The van der Waals surface area contributed by atoms with Crippen LogP contribution in [0.3, 0.4) is 0 Å². The molecule has 33 heavy (non-hydrogen) atoms. The Morgan fingerprint density at radius 3 is 1.97 bits per heavy atom. The third-order valence-corrected chi connectivity index (χ3v) is 5.43. The van der Waals surface area contributed by atoms with Crippen LogP contribution in [0.15, 0.2) is 78.5 Å². The van der Waals surface area contributed by atoms with E-state index in [9.17, 15) is 9.59 Å². The number of carbonyl (C=O) groups excluding carboxylic acids is 2. The van der Waals surface area contributed by atoms with Crippen molar-refractivity contribution in [3.63, 3.8) is 0 Å². The fourth-order valence-electron chi connectivity index (χ4n) is 3.82. The molecule has 0 spiro atoms. The van der Waals surface area contributed by atoms with Crippen molar-refractivity contribution in [1.82, 2.24) is 4.90 Å². The van der Waals surface area contributed by atoms with Crippen molar-refractivity contribution in [2.24, 2.45) is 0 Å². The Kier molecular flexibility index (Phi) is 6.31. The highest BCUT2D eigenvalue weighted by molar-refractivity contribution is 6.37. The molecule has 0 fully saturated rings. The molecule has 1 heterocycles. The van der Waals surface area contributed by atoms with E-state index >= 15 is 0 Å². The predicted octanol–water partition coefficient (Wildman–Crippen LogP) is 4.10. The summed E-state index contributed by atoms with van der Waals surface area (Å²) in [6.07, 6.45) is 0. The summed E-state index contributed by atoms with van der Waals surface area (Å²) in [5, 5.41) is 3.14. The number of ether oxygens (including phenoxy) is 3. The van der Waals surface area contributed by atoms with Crippen LogP contribution in [0.4, 0.5) is 5.69 Å². The maximum absolute atomic E-state index is 13.6. The molecule has 0 aliphatic carbocycles. The number of nitrogens with one attached hydrogen (secondary N) is 1. The number of amides is 2. The summed E-state index contributed by atoms with van der Waals surface area (Å²) >= 11 is 0. The van der Waals surface area contributed by atoms with Crippen LogP contribution < -0.4 is 19.5 Å². The van der Waals surface area contributed by atoms with Gasteiger partial charge in [-0.05, 0) is 24.3 Å². The van der Waals surface area contributed by atoms with Crippen molar-refractivity contribution < 1.29 is 23.8 Å². The van der Waals surface area contributed by atoms with E-state index in [1.807, 2.05) is 36.4 Å². The lowest BCUT2D eigenvalue weighted by Gasteiger charge is -2.17. The highest BCUT2D eigenvalue weighted by Crippen LogP contribution is 2.37. The van der Waals surface area contributed by atoms with Crippen molar-refractivity contribution in [2.75, 3.05) is 26.6 Å². The van der Waals surface area contributed by atoms with E-state index < -0.39 is 11.8 Å². The van der Waals surface area contributed by atoms with E-state index in [4.69, 9.17) is 14.2 Å². The summed E-state index contributed by atoms with van der Waals surface area (Å²) in [5.41, 5.74) is 2.21. The lowest BCUT2D eigenvalue weighted by atomic mass is 10.0. The fourth-order valence-corrected chi connectivity index (χ4v) is 3.82. The van der Waals surface area contributed by atoms with Gasteiger partial charge >= 0.3 is 0 Å². The van der Waals surface area contributed by atoms with E-state index in [0.717, 1.165) is 5.56 Å². The molecule has 0 saturated heterocycles. The van der Waals surface area contributed by atoms with Gasteiger partial charge in [-0.1, -0.05) is 48.5 Å². The van der Waals surface area contributed by atoms with E-state index in [1.165, 1.54) is 12.0 Å². The van der Waals surface area contributed by atoms with Crippen molar-refractivity contribution in [3.8, 4) is 17.2 Å². The topological polar surface area (TPSA) is 77.1 Å². The summed E-state index contributed by atoms with van der Waals surface area (Å²) in [6, 6.07) is 21.6. The maximum atomic E-state index is 13.6. The molecule has 1 aliphatic heterocycles. The molecule has 4 rings (SSSR count). The second kappa shape index (κ2) is 9.48. The average Bonchev–Trinajstić information content (AvgIpc) is 3.08. The van der Waals surface area contributed by atoms with E-state index in [-0.39, 0.29) is 17.8 Å². The Bertz CT molecular complexity index is 1230. The number of para-hydroxylation sites is 4. The van der Waals surface area contributed by atoms with Gasteiger partial charge in [-0.3, -0.25) is 14.5 Å². The molecule has 0 bridgehead atoms. The number of imide groups is 1. The number of nitrogens with zero attached hydrogens (tertiary/aromatic N) is 1. The number of anilines is 1. The second-order valence-electron chi connectivity index (χ2n) is 7.28. The lowest BCUT2D eigenvalue weighted by molar-refractivity contribution is -0.137. The minimum Gasteiger partial charge on any atom is -0.496 e. The van der Waals surface area contributed by atoms with Crippen LogP contribution in [0.2, 0.25) is 0 Å². The van der Waals surface area contributed by atoms with Gasteiger partial charge in [0.2, 0.25) is 0 Å². The summed E-state index contributed by atoms with van der Waals surface area (Å²) in [4.78, 5) is 28.4. The standard InChI is InChI=1S/C26H24N2O5/c1-31-20-13-7-4-10-17(20)16-28-25(29)23(18-11-5-8-14-21(18)32-2)24(26(28)30)27-19-12-6-9-15-22(19)33-3/h4-15,27H,16H2,1-3H3. The van der Waals surface area contributed by atoms with Gasteiger partial charge in [0.05, 0.1) is 39.1 Å². The molecule has 3 aromatic carbocycles. The van der Waals surface area contributed by atoms with E-state index in [0.29, 0.717) is 28.5 Å². The normalized spacial score (nSPS) is 13.4. The smallest absolute Gasteiger partial charge is 0.278 e. The number of benzene rings is 3. The highest BCUT2D eigenvalue weighted by Gasteiger charge is 2.40. The van der Waals surface area contributed by atoms with Gasteiger partial charge in [-0.15, -0.1) is 0 Å². The van der Waals surface area contributed by atoms with Gasteiger partial charge in [-0.2, -0.15) is 0 Å². The number of rotatable bonds is 8. The largest absolute Gasteiger partial charge is 0.496 e. The van der Waals surface area contributed by atoms with Crippen LogP contribution in [-0.4, -0.2) is 38.0 Å². The number of methoxy groups -OCH3 is 3. The van der Waals surface area contributed by atoms with Crippen molar-refractivity contribution in [2.45, 2.75) is 6.54 Å². The first-order valence-electron chi connectivity index (χ1n) is 10.3. The third-order valence-electron chi connectivity index (χ3n) is 5.43. The first-order chi connectivity index (χ1) is 16.1. The molecule has 3 aromatic rings. The van der Waals surface area contributed by atoms with Crippen molar-refractivity contribution >= 4 is 23.1 Å². The van der Waals surface area contributed by atoms with Crippen molar-refractivity contribution in [3.05, 3.63) is 89.6 Å². The summed E-state index contributed by atoms with van der Waals surface area (Å²) < 4.78 is 16.3. The SMILES string of the molecule is COc1ccccc1CN1C(=O)C(Nc2ccccc2OC)=C(c2ccccc2OC)C1=O.